The van der Waals surface area contributed by atoms with Gasteiger partial charge in [-0.3, -0.25) is 28.4 Å². The monoisotopic (exact) mass is 496 g/mol. The Bertz CT molecular complexity index is 760. The van der Waals surface area contributed by atoms with Gasteiger partial charge in [-0.1, -0.05) is 0 Å². The molecule has 0 spiro atoms. The standard InChI is InChI=1S/C8H18N2O6S2.C6H14N2O3S/c11-17(12,13)7-5-9-1-2-10(4-3-9)6-8-18(14,15)16;9-12(10,11)6-5-8-3-1-7-2-4-8/h1-8H2,(H,11,12,13)(H,14,15,16);7H,1-6H2,(H,9,10,11). The second-order valence-electron chi connectivity index (χ2n) is 7.13. The van der Waals surface area contributed by atoms with E-state index in [0.717, 1.165) is 26.2 Å². The third kappa shape index (κ3) is 15.4. The van der Waals surface area contributed by atoms with Crippen LogP contribution in [0.25, 0.3) is 0 Å². The zero-order valence-corrected chi connectivity index (χ0v) is 19.2. The lowest BCUT2D eigenvalue weighted by molar-refractivity contribution is 0.143. The first kappa shape index (κ1) is 27.6. The number of nitrogens with one attached hydrogen (secondary N) is 1. The minimum atomic E-state index is -3.93. The summed E-state index contributed by atoms with van der Waals surface area (Å²) in [6.07, 6.45) is 0. The van der Waals surface area contributed by atoms with Crippen molar-refractivity contribution in [3.63, 3.8) is 0 Å². The number of hydrogen-bond acceptors (Lipinski definition) is 10. The Labute approximate surface area is 178 Å². The fourth-order valence-corrected chi connectivity index (χ4v) is 4.37. The van der Waals surface area contributed by atoms with Gasteiger partial charge in [0.05, 0.1) is 17.3 Å². The molecule has 0 aromatic carbocycles. The molecule has 2 heterocycles. The van der Waals surface area contributed by atoms with Crippen molar-refractivity contribution in [2.75, 3.05) is 89.3 Å². The van der Waals surface area contributed by atoms with Gasteiger partial charge in [-0.25, -0.2) is 0 Å². The van der Waals surface area contributed by atoms with E-state index in [2.05, 4.69) is 5.32 Å². The van der Waals surface area contributed by atoms with Crippen molar-refractivity contribution in [1.29, 1.82) is 0 Å². The highest BCUT2D eigenvalue weighted by molar-refractivity contribution is 7.86. The Morgan fingerprint density at radius 3 is 1.07 bits per heavy atom. The Morgan fingerprint density at radius 1 is 0.533 bits per heavy atom. The van der Waals surface area contributed by atoms with Crippen LogP contribution in [0.15, 0.2) is 0 Å². The molecule has 2 fully saturated rings. The lowest BCUT2D eigenvalue weighted by Gasteiger charge is -2.34. The third-order valence-corrected chi connectivity index (χ3v) is 6.77. The van der Waals surface area contributed by atoms with Crippen LogP contribution in [0.5, 0.6) is 0 Å². The SMILES string of the molecule is O=S(=O)(O)CCN1CCN(CCS(=O)(=O)O)CC1.O=S(=O)(O)CCN1CCNCC1. The minimum absolute atomic E-state index is 0.160. The van der Waals surface area contributed by atoms with Gasteiger partial charge >= 0.3 is 0 Å². The van der Waals surface area contributed by atoms with Gasteiger partial charge in [0, 0.05) is 72.0 Å². The molecule has 0 saturated carbocycles. The second-order valence-corrected chi connectivity index (χ2v) is 11.8. The van der Waals surface area contributed by atoms with Gasteiger partial charge in [0.1, 0.15) is 0 Å². The summed E-state index contributed by atoms with van der Waals surface area (Å²) in [5, 5.41) is 3.16. The summed E-state index contributed by atoms with van der Waals surface area (Å²) in [5.74, 6) is -0.747. The molecular weight excluding hydrogens is 464 g/mol. The largest absolute Gasteiger partial charge is 0.314 e. The molecule has 13 nitrogen and oxygen atoms in total. The van der Waals surface area contributed by atoms with Crippen molar-refractivity contribution in [1.82, 2.24) is 20.0 Å². The maximum absolute atomic E-state index is 10.6. The van der Waals surface area contributed by atoms with E-state index in [9.17, 15) is 25.3 Å². The molecule has 0 bridgehead atoms. The lowest BCUT2D eigenvalue weighted by atomic mass is 10.3. The molecule has 4 N–H and O–H groups in total. The maximum atomic E-state index is 10.6. The Balaban J connectivity index is 0.000000325. The van der Waals surface area contributed by atoms with Gasteiger partial charge in [0.2, 0.25) is 0 Å². The number of hydrogen-bond donors (Lipinski definition) is 4. The molecule has 0 unspecified atom stereocenters. The van der Waals surface area contributed by atoms with Crippen LogP contribution in [0.3, 0.4) is 0 Å². The highest BCUT2D eigenvalue weighted by Gasteiger charge is 2.19. The molecule has 30 heavy (non-hydrogen) atoms. The van der Waals surface area contributed by atoms with Crippen LogP contribution < -0.4 is 5.32 Å². The Kier molecular flexibility index (Phi) is 11.6. The molecule has 2 aliphatic rings. The van der Waals surface area contributed by atoms with Gasteiger partial charge in [0.15, 0.2) is 0 Å². The topological polar surface area (TPSA) is 185 Å². The van der Waals surface area contributed by atoms with Gasteiger partial charge in [-0.15, -0.1) is 0 Å². The van der Waals surface area contributed by atoms with Gasteiger partial charge in [0.25, 0.3) is 30.4 Å². The van der Waals surface area contributed by atoms with Crippen LogP contribution in [-0.2, 0) is 30.4 Å². The molecule has 0 atom stereocenters. The summed E-state index contributed by atoms with van der Waals surface area (Å²) in [7, 11) is -11.7. The van der Waals surface area contributed by atoms with Crippen LogP contribution in [0.2, 0.25) is 0 Å². The first-order valence-electron chi connectivity index (χ1n) is 9.47. The predicted molar refractivity (Wildman–Crippen MR) is 111 cm³/mol. The van der Waals surface area contributed by atoms with E-state index in [1.165, 1.54) is 0 Å². The van der Waals surface area contributed by atoms with Crippen molar-refractivity contribution >= 4 is 30.4 Å². The fraction of sp³-hybridized carbons (Fsp3) is 1.00. The molecule has 0 radical (unpaired) electrons. The smallest absolute Gasteiger partial charge is 0.266 e. The molecule has 0 aliphatic carbocycles. The van der Waals surface area contributed by atoms with Crippen LogP contribution >= 0.6 is 0 Å². The molecule has 2 rings (SSSR count). The van der Waals surface area contributed by atoms with Crippen LogP contribution in [0, 0.1) is 0 Å². The first-order chi connectivity index (χ1) is 13.7. The molecule has 0 amide bonds. The molecule has 16 heteroatoms. The molecule has 0 aromatic rings. The molecule has 0 aromatic heterocycles. The van der Waals surface area contributed by atoms with Crippen molar-refractivity contribution in [3.8, 4) is 0 Å². The molecule has 2 aliphatic heterocycles. The van der Waals surface area contributed by atoms with Crippen molar-refractivity contribution in [2.24, 2.45) is 0 Å². The van der Waals surface area contributed by atoms with Gasteiger partial charge < -0.3 is 5.32 Å². The highest BCUT2D eigenvalue weighted by Crippen LogP contribution is 2.02. The van der Waals surface area contributed by atoms with Crippen LogP contribution in [0.4, 0.5) is 0 Å². The van der Waals surface area contributed by atoms with Crippen molar-refractivity contribution in [2.45, 2.75) is 0 Å². The zero-order chi connectivity index (χ0) is 22.8. The zero-order valence-electron chi connectivity index (χ0n) is 16.8. The summed E-state index contributed by atoms with van der Waals surface area (Å²) in [6.45, 7) is 6.92. The van der Waals surface area contributed by atoms with E-state index >= 15 is 0 Å². The van der Waals surface area contributed by atoms with Gasteiger partial charge in [-0.05, 0) is 0 Å². The van der Waals surface area contributed by atoms with Crippen LogP contribution in [0.1, 0.15) is 0 Å². The normalized spacial score (nSPS) is 20.5. The maximum Gasteiger partial charge on any atom is 0.266 e. The summed E-state index contributed by atoms with van der Waals surface area (Å²) < 4.78 is 88.8. The first-order valence-corrected chi connectivity index (χ1v) is 14.3. The van der Waals surface area contributed by atoms with E-state index in [4.69, 9.17) is 13.7 Å². The molecule has 2 saturated heterocycles. The average Bonchev–Trinajstić information content (AvgIpc) is 2.63. The minimum Gasteiger partial charge on any atom is -0.314 e. The van der Waals surface area contributed by atoms with Gasteiger partial charge in [-0.2, -0.15) is 25.3 Å². The predicted octanol–water partition coefficient (Wildman–Crippen LogP) is -2.84. The summed E-state index contributed by atoms with van der Waals surface area (Å²) >= 11 is 0. The van der Waals surface area contributed by atoms with Crippen molar-refractivity contribution < 1.29 is 38.9 Å². The van der Waals surface area contributed by atoms with E-state index in [1.807, 2.05) is 14.7 Å². The summed E-state index contributed by atoms with van der Waals surface area (Å²) in [6, 6.07) is 0. The number of piperazine rings is 2. The second kappa shape index (κ2) is 12.6. The van der Waals surface area contributed by atoms with Crippen molar-refractivity contribution in [3.05, 3.63) is 0 Å². The lowest BCUT2D eigenvalue weighted by Crippen LogP contribution is -2.48. The number of rotatable bonds is 9. The van der Waals surface area contributed by atoms with E-state index in [0.29, 0.717) is 32.7 Å². The molecular formula is C14H32N4O9S3. The third-order valence-electron chi connectivity index (χ3n) is 4.67. The Morgan fingerprint density at radius 2 is 0.800 bits per heavy atom. The molecule has 180 valence electrons. The van der Waals surface area contributed by atoms with Crippen LogP contribution in [-0.4, -0.2) is 143 Å². The highest BCUT2D eigenvalue weighted by atomic mass is 32.2. The average molecular weight is 497 g/mol. The van der Waals surface area contributed by atoms with E-state index < -0.39 is 30.4 Å². The number of nitrogens with zero attached hydrogens (tertiary/aromatic N) is 3. The quantitative estimate of drug-likeness (QED) is 0.239. The summed E-state index contributed by atoms with van der Waals surface area (Å²) in [4.78, 5) is 5.79. The van der Waals surface area contributed by atoms with E-state index in [-0.39, 0.29) is 30.3 Å². The summed E-state index contributed by atoms with van der Waals surface area (Å²) in [5.41, 5.74) is 0. The van der Waals surface area contributed by atoms with E-state index in [1.54, 1.807) is 0 Å². The fourth-order valence-electron chi connectivity index (χ4n) is 2.90. The Hall–Kier alpha value is -0.430.